The minimum absolute atomic E-state index is 0.0765. The highest BCUT2D eigenvalue weighted by Crippen LogP contribution is 2.47. The molecular formula is C61H83F5N6O4Si2. The fourth-order valence-corrected chi connectivity index (χ4v) is 23.3. The van der Waals surface area contributed by atoms with Crippen LogP contribution in [0.25, 0.3) is 32.9 Å². The van der Waals surface area contributed by atoms with E-state index in [2.05, 4.69) is 99.9 Å². The Hall–Kier alpha value is -5.32. The number of carbonyl (C=O) groups is 1. The van der Waals surface area contributed by atoms with Crippen molar-refractivity contribution in [2.24, 2.45) is 5.92 Å². The molecule has 3 aromatic carbocycles. The maximum absolute atomic E-state index is 18.6. The number of nitrogens with one attached hydrogen (secondary N) is 1. The number of hydrogen-bond donors (Lipinski definition) is 1. The molecule has 0 saturated carbocycles. The van der Waals surface area contributed by atoms with Crippen LogP contribution in [0.4, 0.5) is 32.6 Å². The minimum atomic E-state index is -2.61. The van der Waals surface area contributed by atoms with Crippen molar-refractivity contribution < 1.29 is 40.6 Å². The van der Waals surface area contributed by atoms with E-state index in [1.165, 1.54) is 17.3 Å². The smallest absolute Gasteiger partial charge is 0.429 e. The predicted molar refractivity (Wildman–Crippen MR) is 308 cm³/mol. The van der Waals surface area contributed by atoms with Gasteiger partial charge < -0.3 is 19.2 Å². The quantitative estimate of drug-likeness (QED) is 0.0504. The first-order chi connectivity index (χ1) is 36.7. The van der Waals surface area contributed by atoms with Crippen LogP contribution in [-0.2, 0) is 4.74 Å². The molecule has 0 unspecified atom stereocenters. The van der Waals surface area contributed by atoms with Crippen molar-refractivity contribution in [2.45, 2.75) is 194 Å². The van der Waals surface area contributed by atoms with E-state index in [1.807, 2.05) is 6.07 Å². The third-order valence-electron chi connectivity index (χ3n) is 16.5. The van der Waals surface area contributed by atoms with E-state index >= 15 is 8.78 Å². The number of fused-ring (bicyclic) bond motifs is 2. The van der Waals surface area contributed by atoms with Gasteiger partial charge in [0.15, 0.2) is 29.1 Å². The molecule has 0 radical (unpaired) electrons. The van der Waals surface area contributed by atoms with Crippen molar-refractivity contribution in [3.05, 3.63) is 82.8 Å². The van der Waals surface area contributed by atoms with Gasteiger partial charge in [-0.2, -0.15) is 9.97 Å². The molecule has 2 saturated heterocycles. The van der Waals surface area contributed by atoms with Gasteiger partial charge in [-0.3, -0.25) is 9.99 Å². The first kappa shape index (κ1) is 60.3. The Morgan fingerprint density at radius 1 is 0.756 bits per heavy atom. The number of hydrogen-bond acceptors (Lipinski definition) is 9. The number of benzene rings is 3. The Morgan fingerprint density at radius 3 is 2.01 bits per heavy atom. The second-order valence-electron chi connectivity index (χ2n) is 24.6. The number of nitrogens with zero attached hydrogens (tertiary/aromatic N) is 5. The molecule has 2 aliphatic rings. The number of ether oxygens (including phenoxy) is 2. The molecule has 424 valence electrons. The summed E-state index contributed by atoms with van der Waals surface area (Å²) in [5.41, 5.74) is 4.88. The number of anilines is 1. The molecule has 2 aliphatic heterocycles. The highest BCUT2D eigenvalue weighted by Gasteiger charge is 2.47. The Labute approximate surface area is 462 Å². The van der Waals surface area contributed by atoms with E-state index in [0.29, 0.717) is 79.4 Å². The topological polar surface area (TPSA) is 102 Å². The summed E-state index contributed by atoms with van der Waals surface area (Å²) in [6.45, 7) is 33.1. The summed E-state index contributed by atoms with van der Waals surface area (Å²) in [6.07, 6.45) is 5.57. The summed E-state index contributed by atoms with van der Waals surface area (Å²) in [5, 5.41) is 7.81. The van der Waals surface area contributed by atoms with Crippen molar-refractivity contribution in [1.29, 1.82) is 0 Å². The van der Waals surface area contributed by atoms with Crippen molar-refractivity contribution in [2.75, 3.05) is 31.3 Å². The van der Waals surface area contributed by atoms with E-state index in [4.69, 9.17) is 28.9 Å². The Bertz CT molecular complexity index is 2960. The van der Waals surface area contributed by atoms with Gasteiger partial charge >= 0.3 is 12.1 Å². The molecule has 1 amide bonds. The van der Waals surface area contributed by atoms with Gasteiger partial charge in [-0.25, -0.2) is 31.8 Å². The Balaban J connectivity index is 1.45. The number of rotatable bonds is 14. The molecular weight excluding hydrogens is 1030 g/mol. The standard InChI is InChI=1S/C61H83F5N6O4Si2/c1-36(2)77(37(3)4,38(5)6)29-25-46-49(62)23-22-43-30-45(76-78(39(7)8,40(9)10)41(11)12)33-47(53(43)46)56-55(66)57-48(34-68-56)58(71-27-17-16-18-28-72(71)60(73)75-61(13,14)15)70-59(69-57)74-35-42-20-19-26-67-52(24-21-42)44-31-50(63)54(65)51(64)32-44/h22-23,30-34,36-42,52,67H,16-21,24,26-28,35H2,1-15H3/t42-,52-/m0/s1. The molecule has 4 heterocycles. The van der Waals surface area contributed by atoms with Crippen LogP contribution in [0.1, 0.15) is 166 Å². The SMILES string of the molecule is CC(C)[Si](C#Cc1c(F)ccc2cc(O[Si](C(C)C)(C(C)C)C(C)C)cc(-c3ncc4c(N5CCCCCN5C(=O)OC(C)(C)C)nc(OC[C@H]5CCCN[C@H](c6cc(F)c(F)c(F)c6)CC5)nc4c3F)c12)(C(C)C)C(C)C. The lowest BCUT2D eigenvalue weighted by Gasteiger charge is -2.42. The number of carbonyl (C=O) groups excluding carboxylic acids is 1. The summed E-state index contributed by atoms with van der Waals surface area (Å²) >= 11 is 0. The van der Waals surface area contributed by atoms with Crippen molar-refractivity contribution in [3.8, 4) is 34.5 Å². The van der Waals surface area contributed by atoms with Crippen LogP contribution in [0.5, 0.6) is 11.8 Å². The minimum Gasteiger partial charge on any atom is -0.543 e. The lowest BCUT2D eigenvalue weighted by Crippen LogP contribution is -2.50. The number of pyridine rings is 1. The summed E-state index contributed by atoms with van der Waals surface area (Å²) in [4.78, 5) is 28.8. The van der Waals surface area contributed by atoms with E-state index in [0.717, 1.165) is 25.0 Å². The third kappa shape index (κ3) is 12.5. The van der Waals surface area contributed by atoms with E-state index in [-0.39, 0.29) is 79.8 Å². The average Bonchev–Trinajstić information content (AvgIpc) is 3.75. The van der Waals surface area contributed by atoms with Crippen LogP contribution in [0.15, 0.2) is 42.6 Å². The molecule has 7 rings (SSSR count). The molecule has 2 atom stereocenters. The molecule has 1 N–H and O–H groups in total. The first-order valence-corrected chi connectivity index (χ1v) is 32.7. The van der Waals surface area contributed by atoms with Crippen molar-refractivity contribution >= 4 is 50.0 Å². The zero-order valence-electron chi connectivity index (χ0n) is 48.7. The van der Waals surface area contributed by atoms with Crippen LogP contribution in [0.3, 0.4) is 0 Å². The maximum atomic E-state index is 18.6. The van der Waals surface area contributed by atoms with Crippen LogP contribution in [0, 0.1) is 46.5 Å². The van der Waals surface area contributed by atoms with Gasteiger partial charge in [-0.15, -0.1) is 5.54 Å². The summed E-state index contributed by atoms with van der Waals surface area (Å²) in [6, 6.07) is 8.34. The molecule has 17 heteroatoms. The maximum Gasteiger partial charge on any atom is 0.429 e. The molecule has 2 aromatic heterocycles. The fourth-order valence-electron chi connectivity index (χ4n) is 12.8. The molecule has 5 aromatic rings. The van der Waals surface area contributed by atoms with Crippen LogP contribution >= 0.6 is 0 Å². The Kier molecular flexibility index (Phi) is 19.0. The monoisotopic (exact) mass is 1110 g/mol. The van der Waals surface area contributed by atoms with Gasteiger partial charge in [-0.05, 0) is 153 Å². The van der Waals surface area contributed by atoms with Crippen LogP contribution in [0.2, 0.25) is 33.2 Å². The van der Waals surface area contributed by atoms with Crippen molar-refractivity contribution in [3.63, 3.8) is 0 Å². The highest BCUT2D eigenvalue weighted by molar-refractivity contribution is 6.90. The third-order valence-corrected chi connectivity index (χ3v) is 28.8. The number of amides is 1. The van der Waals surface area contributed by atoms with E-state index in [1.54, 1.807) is 37.9 Å². The highest BCUT2D eigenvalue weighted by atomic mass is 28.4. The number of halogens is 5. The van der Waals surface area contributed by atoms with Gasteiger partial charge in [0.2, 0.25) is 0 Å². The van der Waals surface area contributed by atoms with Crippen LogP contribution in [-0.4, -0.2) is 74.3 Å². The summed E-state index contributed by atoms with van der Waals surface area (Å²) in [5.74, 6) is -1.29. The normalized spacial score (nSPS) is 17.3. The molecule has 10 nitrogen and oxygen atoms in total. The molecule has 0 aliphatic carbocycles. The fraction of sp³-hybridized carbons (Fsp3) is 0.574. The zero-order chi connectivity index (χ0) is 57.2. The van der Waals surface area contributed by atoms with Gasteiger partial charge in [-0.1, -0.05) is 95.1 Å². The van der Waals surface area contributed by atoms with Gasteiger partial charge in [0, 0.05) is 36.3 Å². The summed E-state index contributed by atoms with van der Waals surface area (Å²) in [7, 11) is -5.02. The number of aromatic nitrogens is 3. The molecule has 0 spiro atoms. The predicted octanol–water partition coefficient (Wildman–Crippen LogP) is 16.7. The van der Waals surface area contributed by atoms with E-state index < -0.39 is 63.2 Å². The van der Waals surface area contributed by atoms with Gasteiger partial charge in [0.05, 0.1) is 17.6 Å². The lowest BCUT2D eigenvalue weighted by atomic mass is 9.91. The Morgan fingerprint density at radius 2 is 1.40 bits per heavy atom. The van der Waals surface area contributed by atoms with Gasteiger partial charge in [0.1, 0.15) is 36.5 Å². The molecule has 0 bridgehead atoms. The number of hydrazine groups is 1. The first-order valence-electron chi connectivity index (χ1n) is 28.3. The summed E-state index contributed by atoms with van der Waals surface area (Å²) < 4.78 is 97.9. The second-order valence-corrected chi connectivity index (χ2v) is 35.5. The van der Waals surface area contributed by atoms with Crippen molar-refractivity contribution in [1.82, 2.24) is 25.3 Å². The van der Waals surface area contributed by atoms with Gasteiger partial charge in [0.25, 0.3) is 8.32 Å². The van der Waals surface area contributed by atoms with Crippen LogP contribution < -0.4 is 19.5 Å². The lowest BCUT2D eigenvalue weighted by molar-refractivity contribution is 0.0232. The molecule has 2 fully saturated rings. The average molecular weight is 1120 g/mol. The second kappa shape index (κ2) is 24.6. The largest absolute Gasteiger partial charge is 0.543 e. The molecule has 78 heavy (non-hydrogen) atoms. The zero-order valence-corrected chi connectivity index (χ0v) is 50.7. The van der Waals surface area contributed by atoms with E-state index in [9.17, 15) is 18.0 Å².